The second kappa shape index (κ2) is 5.94. The lowest BCUT2D eigenvalue weighted by Gasteiger charge is -2.06. The molecule has 0 bridgehead atoms. The van der Waals surface area contributed by atoms with Crippen LogP contribution in [-0.2, 0) is 15.6 Å². The van der Waals surface area contributed by atoms with Gasteiger partial charge >= 0.3 is 0 Å². The van der Waals surface area contributed by atoms with Gasteiger partial charge in [0.05, 0.1) is 23.3 Å². The van der Waals surface area contributed by atoms with Crippen molar-refractivity contribution in [2.75, 3.05) is 7.11 Å². The molecule has 0 unspecified atom stereocenters. The van der Waals surface area contributed by atoms with E-state index in [0.29, 0.717) is 11.3 Å². The molecule has 2 rings (SSSR count). The van der Waals surface area contributed by atoms with Crippen LogP contribution in [0.2, 0.25) is 0 Å². The third-order valence-corrected chi connectivity index (χ3v) is 4.63. The summed E-state index contributed by atoms with van der Waals surface area (Å²) in [5.41, 5.74) is 0.196. The predicted octanol–water partition coefficient (Wildman–Crippen LogP) is 2.68. The van der Waals surface area contributed by atoms with Crippen LogP contribution in [0.5, 0.6) is 5.75 Å². The monoisotopic (exact) mass is 305 g/mol. The number of rotatable bonds is 4. The van der Waals surface area contributed by atoms with E-state index in [9.17, 15) is 12.8 Å². The van der Waals surface area contributed by atoms with Crippen LogP contribution in [0.3, 0.4) is 0 Å². The molecule has 0 aromatic heterocycles. The Labute approximate surface area is 122 Å². The van der Waals surface area contributed by atoms with Crippen LogP contribution in [0.4, 0.5) is 4.39 Å². The topological polar surface area (TPSA) is 67.2 Å². The first kappa shape index (κ1) is 15.0. The fourth-order valence-electron chi connectivity index (χ4n) is 1.83. The molecule has 108 valence electrons. The van der Waals surface area contributed by atoms with Crippen LogP contribution in [0.15, 0.2) is 47.4 Å². The summed E-state index contributed by atoms with van der Waals surface area (Å²) in [5.74, 6) is -0.403. The highest BCUT2D eigenvalue weighted by molar-refractivity contribution is 7.90. The SMILES string of the molecule is COc1ccc(S(=O)(=O)Cc2ccc(F)c(C#N)c2)cc1. The van der Waals surface area contributed by atoms with Crippen molar-refractivity contribution in [3.63, 3.8) is 0 Å². The molecule has 2 aromatic rings. The van der Waals surface area contributed by atoms with Gasteiger partial charge in [-0.3, -0.25) is 0 Å². The summed E-state index contributed by atoms with van der Waals surface area (Å²) in [6, 6.07) is 11.4. The molecule has 0 saturated carbocycles. The molecule has 21 heavy (non-hydrogen) atoms. The first-order valence-corrected chi connectivity index (χ1v) is 7.67. The molecule has 0 aliphatic carbocycles. The van der Waals surface area contributed by atoms with Crippen molar-refractivity contribution in [1.82, 2.24) is 0 Å². The summed E-state index contributed by atoms with van der Waals surface area (Å²) < 4.78 is 42.7. The molecule has 0 fully saturated rings. The molecule has 6 heteroatoms. The number of benzene rings is 2. The molecule has 4 nitrogen and oxygen atoms in total. The molecular formula is C15H12FNO3S. The van der Waals surface area contributed by atoms with Gasteiger partial charge in [0.15, 0.2) is 9.84 Å². The number of hydrogen-bond acceptors (Lipinski definition) is 4. The lowest BCUT2D eigenvalue weighted by molar-refractivity contribution is 0.414. The number of sulfone groups is 1. The van der Waals surface area contributed by atoms with Crippen molar-refractivity contribution in [2.45, 2.75) is 10.6 Å². The minimum absolute atomic E-state index is 0.145. The van der Waals surface area contributed by atoms with Gasteiger partial charge in [-0.1, -0.05) is 6.07 Å². The van der Waals surface area contributed by atoms with Crippen molar-refractivity contribution >= 4 is 9.84 Å². The Bertz CT molecular complexity index is 793. The second-order valence-electron chi connectivity index (χ2n) is 4.36. The lowest BCUT2D eigenvalue weighted by Crippen LogP contribution is -2.05. The molecule has 0 amide bonds. The fraction of sp³-hybridized carbons (Fsp3) is 0.133. The van der Waals surface area contributed by atoms with Crippen molar-refractivity contribution in [3.05, 3.63) is 59.4 Å². The largest absolute Gasteiger partial charge is 0.497 e. The van der Waals surface area contributed by atoms with Gasteiger partial charge in [-0.15, -0.1) is 0 Å². The Morgan fingerprint density at radius 2 is 1.86 bits per heavy atom. The Balaban J connectivity index is 2.30. The average molecular weight is 305 g/mol. The molecule has 0 aliphatic rings. The minimum Gasteiger partial charge on any atom is -0.497 e. The van der Waals surface area contributed by atoms with Crippen LogP contribution in [0.25, 0.3) is 0 Å². The smallest absolute Gasteiger partial charge is 0.182 e. The summed E-state index contributed by atoms with van der Waals surface area (Å²) in [6.07, 6.45) is 0. The van der Waals surface area contributed by atoms with Crippen molar-refractivity contribution < 1.29 is 17.5 Å². The highest BCUT2D eigenvalue weighted by atomic mass is 32.2. The van der Waals surface area contributed by atoms with Crippen LogP contribution in [0.1, 0.15) is 11.1 Å². The number of nitrogens with zero attached hydrogens (tertiary/aromatic N) is 1. The molecule has 0 radical (unpaired) electrons. The second-order valence-corrected chi connectivity index (χ2v) is 6.35. The predicted molar refractivity (Wildman–Crippen MR) is 75.0 cm³/mol. The van der Waals surface area contributed by atoms with Crippen LogP contribution in [0, 0.1) is 17.1 Å². The van der Waals surface area contributed by atoms with Gasteiger partial charge in [-0.2, -0.15) is 5.26 Å². The molecule has 0 saturated heterocycles. The van der Waals surface area contributed by atoms with Crippen molar-refractivity contribution in [2.24, 2.45) is 0 Å². The molecular weight excluding hydrogens is 293 g/mol. The summed E-state index contributed by atoms with van der Waals surface area (Å²) in [5, 5.41) is 8.76. The Hall–Kier alpha value is -2.39. The number of halogens is 1. The first-order chi connectivity index (χ1) is 9.96. The highest BCUT2D eigenvalue weighted by Crippen LogP contribution is 2.20. The van der Waals surface area contributed by atoms with E-state index in [1.54, 1.807) is 18.2 Å². The zero-order valence-electron chi connectivity index (χ0n) is 11.2. The van der Waals surface area contributed by atoms with E-state index in [1.807, 2.05) is 0 Å². The van der Waals surface area contributed by atoms with E-state index >= 15 is 0 Å². The Morgan fingerprint density at radius 1 is 1.19 bits per heavy atom. The van der Waals surface area contributed by atoms with E-state index in [-0.39, 0.29) is 16.2 Å². The standard InChI is InChI=1S/C15H12FNO3S/c1-20-13-3-5-14(6-4-13)21(18,19)10-11-2-7-15(16)12(8-11)9-17/h2-8H,10H2,1H3. The van der Waals surface area contributed by atoms with Gasteiger partial charge in [0.1, 0.15) is 17.6 Å². The maximum absolute atomic E-state index is 13.2. The van der Waals surface area contributed by atoms with Crippen LogP contribution in [-0.4, -0.2) is 15.5 Å². The third-order valence-electron chi connectivity index (χ3n) is 2.93. The summed E-state index contributed by atoms with van der Waals surface area (Å²) >= 11 is 0. The van der Waals surface area contributed by atoms with Gasteiger partial charge in [0.25, 0.3) is 0 Å². The summed E-state index contributed by atoms with van der Waals surface area (Å²) in [4.78, 5) is 0.145. The average Bonchev–Trinajstić information content (AvgIpc) is 2.49. The van der Waals surface area contributed by atoms with E-state index in [0.717, 1.165) is 6.07 Å². The third kappa shape index (κ3) is 3.38. The highest BCUT2D eigenvalue weighted by Gasteiger charge is 2.16. The van der Waals surface area contributed by atoms with E-state index < -0.39 is 15.7 Å². The molecule has 0 spiro atoms. The van der Waals surface area contributed by atoms with Gasteiger partial charge in [0.2, 0.25) is 0 Å². The quantitative estimate of drug-likeness (QED) is 0.871. The fourth-order valence-corrected chi connectivity index (χ4v) is 3.17. The molecule has 0 heterocycles. The lowest BCUT2D eigenvalue weighted by atomic mass is 10.1. The number of nitriles is 1. The Morgan fingerprint density at radius 3 is 2.43 bits per heavy atom. The minimum atomic E-state index is -3.56. The van der Waals surface area contributed by atoms with Gasteiger partial charge in [0, 0.05) is 0 Å². The first-order valence-electron chi connectivity index (χ1n) is 6.01. The van der Waals surface area contributed by atoms with Crippen molar-refractivity contribution in [1.29, 1.82) is 5.26 Å². The van der Waals surface area contributed by atoms with E-state index in [4.69, 9.17) is 10.00 Å². The van der Waals surface area contributed by atoms with Crippen molar-refractivity contribution in [3.8, 4) is 11.8 Å². The van der Waals surface area contributed by atoms with E-state index in [1.165, 1.54) is 31.4 Å². The van der Waals surface area contributed by atoms with Gasteiger partial charge in [-0.05, 0) is 42.0 Å². The van der Waals surface area contributed by atoms with E-state index in [2.05, 4.69) is 0 Å². The normalized spacial score (nSPS) is 10.9. The zero-order chi connectivity index (χ0) is 15.5. The van der Waals surface area contributed by atoms with Crippen LogP contribution >= 0.6 is 0 Å². The zero-order valence-corrected chi connectivity index (χ0v) is 12.0. The molecule has 2 aromatic carbocycles. The summed E-state index contributed by atoms with van der Waals surface area (Å²) in [6.45, 7) is 0. The Kier molecular flexibility index (Phi) is 4.24. The van der Waals surface area contributed by atoms with Gasteiger partial charge < -0.3 is 4.74 Å². The number of methoxy groups -OCH3 is 1. The maximum atomic E-state index is 13.2. The number of hydrogen-bond donors (Lipinski definition) is 0. The maximum Gasteiger partial charge on any atom is 0.182 e. The molecule has 0 aliphatic heterocycles. The van der Waals surface area contributed by atoms with Crippen LogP contribution < -0.4 is 4.74 Å². The number of ether oxygens (including phenoxy) is 1. The molecule has 0 N–H and O–H groups in total. The molecule has 0 atom stereocenters. The summed E-state index contributed by atoms with van der Waals surface area (Å²) in [7, 11) is -2.07. The van der Waals surface area contributed by atoms with Gasteiger partial charge in [-0.25, -0.2) is 12.8 Å².